The van der Waals surface area contributed by atoms with Crippen molar-refractivity contribution in [2.24, 2.45) is 7.05 Å². The average Bonchev–Trinajstić information content (AvgIpc) is 3.42. The van der Waals surface area contributed by atoms with Crippen LogP contribution in [0.2, 0.25) is 0 Å². The Balaban J connectivity index is 1.67. The van der Waals surface area contributed by atoms with E-state index in [9.17, 15) is 9.90 Å². The number of hydrogen-bond donors (Lipinski definition) is 1. The summed E-state index contributed by atoms with van der Waals surface area (Å²) in [5.41, 5.74) is 4.83. The quantitative estimate of drug-likeness (QED) is 0.381. The van der Waals surface area contributed by atoms with E-state index in [4.69, 9.17) is 19.3 Å². The third-order valence-electron chi connectivity index (χ3n) is 6.80. The fourth-order valence-electron chi connectivity index (χ4n) is 4.97. The molecule has 1 aliphatic rings. The van der Waals surface area contributed by atoms with Crippen LogP contribution in [0.25, 0.3) is 11.3 Å². The summed E-state index contributed by atoms with van der Waals surface area (Å²) in [5, 5.41) is 15.3. The number of aromatic hydroxyl groups is 1. The molecule has 1 N–H and O–H groups in total. The van der Waals surface area contributed by atoms with Crippen LogP contribution in [-0.4, -0.2) is 53.6 Å². The Hall–Kier alpha value is -4.46. The minimum absolute atomic E-state index is 0.0873. The van der Waals surface area contributed by atoms with Gasteiger partial charge in [0.2, 0.25) is 5.75 Å². The molecular weight excluding hydrogens is 470 g/mol. The molecule has 0 saturated heterocycles. The molecule has 0 saturated carbocycles. The highest BCUT2D eigenvalue weighted by Crippen LogP contribution is 2.47. The monoisotopic (exact) mass is 499 g/mol. The van der Waals surface area contributed by atoms with Gasteiger partial charge in [-0.1, -0.05) is 30.3 Å². The van der Waals surface area contributed by atoms with Gasteiger partial charge >= 0.3 is 0 Å². The molecule has 8 nitrogen and oxygen atoms in total. The van der Waals surface area contributed by atoms with Crippen LogP contribution < -0.4 is 14.2 Å². The van der Waals surface area contributed by atoms with Crippen molar-refractivity contribution < 1.29 is 24.1 Å². The highest BCUT2D eigenvalue weighted by molar-refractivity contribution is 6.00. The van der Waals surface area contributed by atoms with E-state index < -0.39 is 6.04 Å². The zero-order valence-electron chi connectivity index (χ0n) is 21.3. The number of nitrogens with zero attached hydrogens (tertiary/aromatic N) is 3. The SMILES string of the molecule is COc1ccc(-c2nn(C)c3c2[C@@H](c2cc(OC)c(O)c(OC)c2)N(CCc2ccccc2)C3=O)cc1. The van der Waals surface area contributed by atoms with Crippen LogP contribution in [0.4, 0.5) is 0 Å². The Kier molecular flexibility index (Phi) is 6.48. The van der Waals surface area contributed by atoms with Crippen LogP contribution in [0.1, 0.15) is 33.2 Å². The minimum atomic E-state index is -0.458. The first kappa shape index (κ1) is 24.2. The maximum absolute atomic E-state index is 13.9. The van der Waals surface area contributed by atoms with E-state index in [1.807, 2.05) is 47.4 Å². The van der Waals surface area contributed by atoms with Gasteiger partial charge < -0.3 is 24.2 Å². The summed E-state index contributed by atoms with van der Waals surface area (Å²) in [6, 6.07) is 20.8. The molecule has 1 amide bonds. The number of carbonyl (C=O) groups is 1. The fraction of sp³-hybridized carbons (Fsp3) is 0.241. The summed E-state index contributed by atoms with van der Waals surface area (Å²) >= 11 is 0. The number of ether oxygens (including phenoxy) is 3. The summed E-state index contributed by atoms with van der Waals surface area (Å²) in [6.45, 7) is 0.496. The number of benzene rings is 3. The molecule has 190 valence electrons. The zero-order chi connectivity index (χ0) is 26.1. The molecule has 1 atom stereocenters. The van der Waals surface area contributed by atoms with Gasteiger partial charge in [-0.15, -0.1) is 0 Å². The van der Waals surface area contributed by atoms with Crippen molar-refractivity contribution in [3.63, 3.8) is 0 Å². The summed E-state index contributed by atoms with van der Waals surface area (Å²) in [7, 11) is 6.39. The molecule has 37 heavy (non-hydrogen) atoms. The predicted molar refractivity (Wildman–Crippen MR) is 139 cm³/mol. The van der Waals surface area contributed by atoms with Gasteiger partial charge in [0.1, 0.15) is 11.4 Å². The molecular formula is C29H29N3O5. The van der Waals surface area contributed by atoms with Crippen molar-refractivity contribution >= 4 is 5.91 Å². The highest BCUT2D eigenvalue weighted by Gasteiger charge is 2.43. The van der Waals surface area contributed by atoms with Gasteiger partial charge in [-0.25, -0.2) is 0 Å². The lowest BCUT2D eigenvalue weighted by Crippen LogP contribution is -2.32. The largest absolute Gasteiger partial charge is 0.502 e. The fourth-order valence-corrected chi connectivity index (χ4v) is 4.97. The smallest absolute Gasteiger partial charge is 0.273 e. The highest BCUT2D eigenvalue weighted by atomic mass is 16.5. The zero-order valence-corrected chi connectivity index (χ0v) is 21.3. The Morgan fingerprint density at radius 3 is 2.16 bits per heavy atom. The van der Waals surface area contributed by atoms with Crippen molar-refractivity contribution in [2.75, 3.05) is 27.9 Å². The molecule has 3 aromatic carbocycles. The van der Waals surface area contributed by atoms with E-state index in [1.165, 1.54) is 14.2 Å². The second-order valence-corrected chi connectivity index (χ2v) is 8.87. The lowest BCUT2D eigenvalue weighted by Gasteiger charge is -2.27. The van der Waals surface area contributed by atoms with Crippen LogP contribution in [-0.2, 0) is 13.5 Å². The maximum atomic E-state index is 13.9. The van der Waals surface area contributed by atoms with E-state index in [2.05, 4.69) is 12.1 Å². The number of carbonyl (C=O) groups excluding carboxylic acids is 1. The van der Waals surface area contributed by atoms with Crippen LogP contribution in [0, 0.1) is 0 Å². The molecule has 0 spiro atoms. The molecule has 1 aromatic heterocycles. The average molecular weight is 500 g/mol. The Morgan fingerprint density at radius 2 is 1.57 bits per heavy atom. The first-order valence-electron chi connectivity index (χ1n) is 12.0. The van der Waals surface area contributed by atoms with Gasteiger partial charge in [-0.3, -0.25) is 9.48 Å². The Bertz CT molecular complexity index is 1410. The third-order valence-corrected chi connectivity index (χ3v) is 6.80. The molecule has 0 unspecified atom stereocenters. The predicted octanol–water partition coefficient (Wildman–Crippen LogP) is 4.61. The molecule has 0 aliphatic carbocycles. The Morgan fingerprint density at radius 1 is 0.919 bits per heavy atom. The second-order valence-electron chi connectivity index (χ2n) is 8.87. The summed E-state index contributed by atoms with van der Waals surface area (Å²) in [5.74, 6) is 1.09. The van der Waals surface area contributed by atoms with Crippen LogP contribution in [0.15, 0.2) is 66.7 Å². The second kappa shape index (κ2) is 9.89. The molecule has 0 radical (unpaired) electrons. The number of rotatable bonds is 8. The number of aryl methyl sites for hydroxylation is 1. The number of methoxy groups -OCH3 is 3. The number of amides is 1. The van der Waals surface area contributed by atoms with E-state index >= 15 is 0 Å². The van der Waals surface area contributed by atoms with Crippen molar-refractivity contribution in [1.82, 2.24) is 14.7 Å². The van der Waals surface area contributed by atoms with Crippen molar-refractivity contribution in [3.8, 4) is 34.3 Å². The number of phenols is 1. The van der Waals surface area contributed by atoms with E-state index in [-0.39, 0.29) is 23.2 Å². The number of fused-ring (bicyclic) bond motifs is 1. The molecule has 1 aliphatic heterocycles. The summed E-state index contributed by atoms with van der Waals surface area (Å²) in [6.07, 6.45) is 0.689. The normalized spacial score (nSPS) is 14.5. The number of aromatic nitrogens is 2. The molecule has 0 fully saturated rings. The van der Waals surface area contributed by atoms with E-state index in [0.29, 0.717) is 24.4 Å². The lowest BCUT2D eigenvalue weighted by atomic mass is 9.95. The molecule has 5 rings (SSSR count). The summed E-state index contributed by atoms with van der Waals surface area (Å²) in [4.78, 5) is 15.7. The van der Waals surface area contributed by atoms with Crippen LogP contribution in [0.3, 0.4) is 0 Å². The van der Waals surface area contributed by atoms with Crippen LogP contribution in [0.5, 0.6) is 23.0 Å². The molecule has 4 aromatic rings. The standard InChI is InChI=1S/C29H29N3O5/c1-31-27-24(25(30-31)19-10-12-21(35-2)13-11-19)26(20-16-22(36-3)28(33)23(17-20)37-4)32(29(27)34)15-14-18-8-6-5-7-9-18/h5-13,16-17,26,33H,14-15H2,1-4H3/t26-/m1/s1. The lowest BCUT2D eigenvalue weighted by molar-refractivity contribution is 0.0741. The topological polar surface area (TPSA) is 86.1 Å². The van der Waals surface area contributed by atoms with Crippen LogP contribution >= 0.6 is 0 Å². The van der Waals surface area contributed by atoms with E-state index in [0.717, 1.165) is 28.0 Å². The van der Waals surface area contributed by atoms with Gasteiger partial charge in [-0.05, 0) is 53.9 Å². The summed E-state index contributed by atoms with van der Waals surface area (Å²) < 4.78 is 17.9. The van der Waals surface area contributed by atoms with Gasteiger partial charge in [-0.2, -0.15) is 5.10 Å². The first-order valence-corrected chi connectivity index (χ1v) is 12.0. The van der Waals surface area contributed by atoms with Gasteiger partial charge in [0.25, 0.3) is 5.91 Å². The molecule has 0 bridgehead atoms. The van der Waals surface area contributed by atoms with Crippen molar-refractivity contribution in [2.45, 2.75) is 12.5 Å². The number of phenolic OH excluding ortho intramolecular Hbond substituents is 1. The molecule has 8 heteroatoms. The van der Waals surface area contributed by atoms with Gasteiger partial charge in [0.15, 0.2) is 11.5 Å². The van der Waals surface area contributed by atoms with Gasteiger partial charge in [0, 0.05) is 24.7 Å². The van der Waals surface area contributed by atoms with Gasteiger partial charge in [0.05, 0.1) is 33.1 Å². The maximum Gasteiger partial charge on any atom is 0.273 e. The third kappa shape index (κ3) is 4.24. The first-order chi connectivity index (χ1) is 18.0. The minimum Gasteiger partial charge on any atom is -0.502 e. The van der Waals surface area contributed by atoms with E-state index in [1.54, 1.807) is 31.0 Å². The van der Waals surface area contributed by atoms with Crippen molar-refractivity contribution in [1.29, 1.82) is 0 Å². The Labute approximate surface area is 215 Å². The molecule has 2 heterocycles. The number of hydrogen-bond acceptors (Lipinski definition) is 6. The van der Waals surface area contributed by atoms with Crippen molar-refractivity contribution in [3.05, 3.63) is 89.1 Å².